The average molecular weight is 564 g/mol. The SMILES string of the molecule is CC(C)N(Cc1ccccc1)S(=O)(=O)NC(Cc1ccc(NC(=O)c2c(Cl)cccc2Cl)cc1)C(=O)O. The van der Waals surface area contributed by atoms with Gasteiger partial charge < -0.3 is 10.4 Å². The van der Waals surface area contributed by atoms with Gasteiger partial charge in [0.2, 0.25) is 0 Å². The van der Waals surface area contributed by atoms with Crippen molar-refractivity contribution in [3.8, 4) is 0 Å². The zero-order valence-electron chi connectivity index (χ0n) is 20.2. The third-order valence-corrected chi connectivity index (χ3v) is 7.88. The first kappa shape index (κ1) is 28.6. The number of halogens is 2. The number of carbonyl (C=O) groups excluding carboxylic acids is 1. The van der Waals surface area contributed by atoms with Crippen LogP contribution < -0.4 is 10.0 Å². The second kappa shape index (κ2) is 12.5. The fraction of sp³-hybridized carbons (Fsp3) is 0.231. The summed E-state index contributed by atoms with van der Waals surface area (Å²) >= 11 is 12.2. The molecule has 1 amide bonds. The highest BCUT2D eigenvalue weighted by Gasteiger charge is 2.31. The van der Waals surface area contributed by atoms with Crippen molar-refractivity contribution >= 4 is 51.0 Å². The second-order valence-corrected chi connectivity index (χ2v) is 11.1. The zero-order valence-corrected chi connectivity index (χ0v) is 22.5. The number of carboxylic acids is 1. The summed E-state index contributed by atoms with van der Waals surface area (Å²) in [5.74, 6) is -1.80. The molecule has 3 aromatic rings. The lowest BCUT2D eigenvalue weighted by Crippen LogP contribution is -2.50. The lowest BCUT2D eigenvalue weighted by molar-refractivity contribution is -0.138. The molecular formula is C26H27Cl2N3O5S. The number of benzene rings is 3. The molecule has 0 aliphatic rings. The number of anilines is 1. The van der Waals surface area contributed by atoms with Crippen molar-refractivity contribution in [2.75, 3.05) is 5.32 Å². The van der Waals surface area contributed by atoms with Crippen molar-refractivity contribution in [2.24, 2.45) is 0 Å². The van der Waals surface area contributed by atoms with Crippen molar-refractivity contribution in [3.05, 3.63) is 99.5 Å². The third kappa shape index (κ3) is 7.77. The van der Waals surface area contributed by atoms with Crippen LogP contribution >= 0.6 is 23.2 Å². The van der Waals surface area contributed by atoms with Crippen LogP contribution in [-0.4, -0.2) is 41.8 Å². The normalized spacial score (nSPS) is 12.5. The fourth-order valence-electron chi connectivity index (χ4n) is 3.60. The number of carbonyl (C=O) groups is 2. The zero-order chi connectivity index (χ0) is 27.2. The predicted octanol–water partition coefficient (Wildman–Crippen LogP) is 4.99. The summed E-state index contributed by atoms with van der Waals surface area (Å²) in [7, 11) is -4.13. The third-order valence-electron chi connectivity index (χ3n) is 5.50. The Hall–Kier alpha value is -2.95. The van der Waals surface area contributed by atoms with E-state index in [0.717, 1.165) is 5.56 Å². The van der Waals surface area contributed by atoms with E-state index in [9.17, 15) is 23.1 Å². The van der Waals surface area contributed by atoms with Crippen LogP contribution in [0.5, 0.6) is 0 Å². The molecule has 0 fully saturated rings. The van der Waals surface area contributed by atoms with Crippen LogP contribution in [0.2, 0.25) is 10.0 Å². The van der Waals surface area contributed by atoms with E-state index in [2.05, 4.69) is 10.0 Å². The molecule has 3 aromatic carbocycles. The highest BCUT2D eigenvalue weighted by atomic mass is 35.5. The Bertz CT molecular complexity index is 1330. The van der Waals surface area contributed by atoms with Gasteiger partial charge in [-0.15, -0.1) is 0 Å². The molecule has 0 saturated heterocycles. The maximum Gasteiger partial charge on any atom is 0.322 e. The predicted molar refractivity (Wildman–Crippen MR) is 145 cm³/mol. The molecule has 1 unspecified atom stereocenters. The standard InChI is InChI=1S/C26H27Cl2N3O5S/c1-17(2)31(16-19-7-4-3-5-8-19)37(35,36)30-23(26(33)34)15-18-11-13-20(14-12-18)29-25(32)24-21(27)9-6-10-22(24)28/h3-14,17,23,30H,15-16H2,1-2H3,(H,29,32)(H,33,34). The van der Waals surface area contributed by atoms with Gasteiger partial charge in [-0.05, 0) is 55.7 Å². The molecule has 0 radical (unpaired) electrons. The quantitative estimate of drug-likeness (QED) is 0.304. The van der Waals surface area contributed by atoms with Gasteiger partial charge in [-0.2, -0.15) is 17.4 Å². The molecule has 0 aliphatic carbocycles. The number of hydrogen-bond donors (Lipinski definition) is 3. The summed E-state index contributed by atoms with van der Waals surface area (Å²) in [6.45, 7) is 3.55. The maximum atomic E-state index is 13.1. The summed E-state index contributed by atoms with van der Waals surface area (Å²) in [5.41, 5.74) is 1.92. The molecule has 37 heavy (non-hydrogen) atoms. The minimum Gasteiger partial charge on any atom is -0.480 e. The molecule has 0 heterocycles. The van der Waals surface area contributed by atoms with Gasteiger partial charge in [-0.3, -0.25) is 9.59 Å². The molecule has 0 bridgehead atoms. The minimum absolute atomic E-state index is 0.101. The molecular weight excluding hydrogens is 537 g/mol. The van der Waals surface area contributed by atoms with Crippen molar-refractivity contribution in [3.63, 3.8) is 0 Å². The van der Waals surface area contributed by atoms with Gasteiger partial charge in [0.15, 0.2) is 0 Å². The van der Waals surface area contributed by atoms with E-state index in [1.807, 2.05) is 18.2 Å². The summed E-state index contributed by atoms with van der Waals surface area (Å²) in [6.07, 6.45) is -0.101. The molecule has 196 valence electrons. The van der Waals surface area contributed by atoms with E-state index in [-0.39, 0.29) is 28.6 Å². The van der Waals surface area contributed by atoms with Crippen LogP contribution in [0.1, 0.15) is 35.3 Å². The van der Waals surface area contributed by atoms with E-state index in [1.165, 1.54) is 4.31 Å². The Balaban J connectivity index is 1.71. The molecule has 3 N–H and O–H groups in total. The smallest absolute Gasteiger partial charge is 0.322 e. The van der Waals surface area contributed by atoms with Crippen LogP contribution in [-0.2, 0) is 28.0 Å². The van der Waals surface area contributed by atoms with Gasteiger partial charge in [0.1, 0.15) is 6.04 Å². The highest BCUT2D eigenvalue weighted by molar-refractivity contribution is 7.87. The average Bonchev–Trinajstić information content (AvgIpc) is 2.83. The van der Waals surface area contributed by atoms with E-state index < -0.39 is 34.2 Å². The molecule has 0 aliphatic heterocycles. The van der Waals surface area contributed by atoms with Gasteiger partial charge in [0.25, 0.3) is 16.1 Å². The Labute approximate surface area is 226 Å². The van der Waals surface area contributed by atoms with E-state index in [4.69, 9.17) is 23.2 Å². The Morgan fingerprint density at radius 2 is 1.49 bits per heavy atom. The number of amides is 1. The lowest BCUT2D eigenvalue weighted by Gasteiger charge is -2.28. The topological polar surface area (TPSA) is 116 Å². The molecule has 8 nitrogen and oxygen atoms in total. The number of aliphatic carboxylic acids is 1. The number of nitrogens with zero attached hydrogens (tertiary/aromatic N) is 1. The first-order valence-corrected chi connectivity index (χ1v) is 13.6. The van der Waals surface area contributed by atoms with Crippen molar-refractivity contribution in [1.82, 2.24) is 9.03 Å². The molecule has 0 spiro atoms. The van der Waals surface area contributed by atoms with Crippen molar-refractivity contribution < 1.29 is 23.1 Å². The molecule has 0 saturated carbocycles. The summed E-state index contributed by atoms with van der Waals surface area (Å²) in [6, 6.07) is 18.4. The summed E-state index contributed by atoms with van der Waals surface area (Å²) in [4.78, 5) is 24.5. The number of nitrogens with one attached hydrogen (secondary N) is 2. The molecule has 1 atom stereocenters. The largest absolute Gasteiger partial charge is 0.480 e. The Kier molecular flexibility index (Phi) is 9.69. The van der Waals surface area contributed by atoms with Gasteiger partial charge in [-0.1, -0.05) is 71.7 Å². The molecule has 11 heteroatoms. The van der Waals surface area contributed by atoms with E-state index in [1.54, 1.807) is 68.4 Å². The van der Waals surface area contributed by atoms with Gasteiger partial charge in [0, 0.05) is 18.3 Å². The van der Waals surface area contributed by atoms with Crippen LogP contribution in [0, 0.1) is 0 Å². The first-order chi connectivity index (χ1) is 17.5. The molecule has 0 aromatic heterocycles. The minimum atomic E-state index is -4.13. The van der Waals surface area contributed by atoms with Crippen LogP contribution in [0.25, 0.3) is 0 Å². The monoisotopic (exact) mass is 563 g/mol. The van der Waals surface area contributed by atoms with E-state index in [0.29, 0.717) is 11.3 Å². The van der Waals surface area contributed by atoms with Crippen molar-refractivity contribution in [1.29, 1.82) is 0 Å². The lowest BCUT2D eigenvalue weighted by atomic mass is 10.1. The van der Waals surface area contributed by atoms with E-state index >= 15 is 0 Å². The Morgan fingerprint density at radius 1 is 0.892 bits per heavy atom. The van der Waals surface area contributed by atoms with Gasteiger partial charge >= 0.3 is 5.97 Å². The number of carboxylic acid groups (broad SMARTS) is 1. The fourth-order valence-corrected chi connectivity index (χ4v) is 5.73. The van der Waals surface area contributed by atoms with Gasteiger partial charge in [-0.25, -0.2) is 0 Å². The number of hydrogen-bond acceptors (Lipinski definition) is 4. The van der Waals surface area contributed by atoms with Crippen LogP contribution in [0.3, 0.4) is 0 Å². The van der Waals surface area contributed by atoms with Crippen LogP contribution in [0.4, 0.5) is 5.69 Å². The van der Waals surface area contributed by atoms with Crippen molar-refractivity contribution in [2.45, 2.75) is 38.9 Å². The summed E-state index contributed by atoms with van der Waals surface area (Å²) < 4.78 is 29.8. The van der Waals surface area contributed by atoms with Gasteiger partial charge in [0.05, 0.1) is 15.6 Å². The highest BCUT2D eigenvalue weighted by Crippen LogP contribution is 2.25. The Morgan fingerprint density at radius 3 is 2.03 bits per heavy atom. The summed E-state index contributed by atoms with van der Waals surface area (Å²) in [5, 5.41) is 12.8. The van der Waals surface area contributed by atoms with Crippen LogP contribution in [0.15, 0.2) is 72.8 Å². The number of rotatable bonds is 11. The maximum absolute atomic E-state index is 13.1. The second-order valence-electron chi connectivity index (χ2n) is 8.59. The first-order valence-electron chi connectivity index (χ1n) is 11.4. The molecule has 3 rings (SSSR count).